The Morgan fingerprint density at radius 2 is 2.20 bits per heavy atom. The number of nitrogens with one attached hydrogen (secondary N) is 1. The fourth-order valence-electron chi connectivity index (χ4n) is 2.15. The van der Waals surface area contributed by atoms with Crippen molar-refractivity contribution in [2.75, 3.05) is 12.3 Å². The van der Waals surface area contributed by atoms with E-state index in [1.165, 1.54) is 6.42 Å². The van der Waals surface area contributed by atoms with Crippen molar-refractivity contribution >= 4 is 40.1 Å². The summed E-state index contributed by atoms with van der Waals surface area (Å²) in [7, 11) is 0. The predicted octanol–water partition coefficient (Wildman–Crippen LogP) is 4.64. The van der Waals surface area contributed by atoms with E-state index in [0.29, 0.717) is 17.0 Å². The maximum absolute atomic E-state index is 6.16. The lowest BCUT2D eigenvalue weighted by Crippen LogP contribution is -2.41. The van der Waals surface area contributed by atoms with E-state index in [1.54, 1.807) is 6.07 Å². The molecule has 0 saturated carbocycles. The van der Waals surface area contributed by atoms with Gasteiger partial charge < -0.3 is 5.32 Å². The number of hydrogen-bond acceptors (Lipinski definition) is 2. The number of amidine groups is 1. The van der Waals surface area contributed by atoms with Gasteiger partial charge in [0.1, 0.15) is 0 Å². The van der Waals surface area contributed by atoms with Gasteiger partial charge in [-0.15, -0.1) is 0 Å². The van der Waals surface area contributed by atoms with E-state index in [0.717, 1.165) is 34.5 Å². The highest BCUT2D eigenvalue weighted by molar-refractivity contribution is 8.13. The maximum atomic E-state index is 6.16. The minimum absolute atomic E-state index is 0.550. The van der Waals surface area contributed by atoms with Crippen LogP contribution in [0.15, 0.2) is 23.2 Å². The monoisotopic (exact) mass is 330 g/mol. The van der Waals surface area contributed by atoms with Crippen molar-refractivity contribution in [1.82, 2.24) is 5.32 Å². The fraction of sp³-hybridized carbons (Fsp3) is 0.533. The summed E-state index contributed by atoms with van der Waals surface area (Å²) >= 11 is 13.9. The van der Waals surface area contributed by atoms with E-state index in [4.69, 9.17) is 23.2 Å². The number of halogens is 2. The van der Waals surface area contributed by atoms with Crippen LogP contribution in [0, 0.1) is 5.92 Å². The van der Waals surface area contributed by atoms with Gasteiger partial charge in [0.2, 0.25) is 0 Å². The molecular formula is C15H20Cl2N2S. The second-order valence-corrected chi connectivity index (χ2v) is 7.23. The van der Waals surface area contributed by atoms with Gasteiger partial charge in [0.05, 0.1) is 0 Å². The highest BCUT2D eigenvalue weighted by atomic mass is 35.5. The zero-order chi connectivity index (χ0) is 14.5. The standard InChI is InChI=1S/C15H20Cl2N2S/c1-10(2)14-6-8-20-15(19-14)18-7-5-11-3-4-12(16)9-13(11)17/h3-4,9-10,14H,5-8H2,1-2H3,(H,18,19). The molecule has 1 aliphatic rings. The molecule has 0 bridgehead atoms. The number of hydrogen-bond donors (Lipinski definition) is 1. The normalized spacial score (nSPS) is 21.2. The molecule has 0 amide bonds. The number of aliphatic imine (C=N–C) groups is 1. The van der Waals surface area contributed by atoms with Crippen LogP contribution in [0.3, 0.4) is 0 Å². The van der Waals surface area contributed by atoms with E-state index in [2.05, 4.69) is 24.2 Å². The number of thioether (sulfide) groups is 1. The number of benzene rings is 1. The van der Waals surface area contributed by atoms with Crippen LogP contribution in [-0.2, 0) is 6.42 Å². The van der Waals surface area contributed by atoms with Crippen LogP contribution in [0.2, 0.25) is 10.0 Å². The minimum Gasteiger partial charge on any atom is -0.362 e. The molecule has 1 aromatic carbocycles. The zero-order valence-electron chi connectivity index (χ0n) is 11.8. The van der Waals surface area contributed by atoms with Crippen LogP contribution in [0.1, 0.15) is 25.8 Å². The number of rotatable bonds is 4. The van der Waals surface area contributed by atoms with E-state index in [-0.39, 0.29) is 0 Å². The summed E-state index contributed by atoms with van der Waals surface area (Å²) < 4.78 is 0. The molecule has 1 atom stereocenters. The third kappa shape index (κ3) is 4.57. The number of nitrogens with zero attached hydrogens (tertiary/aromatic N) is 1. The lowest BCUT2D eigenvalue weighted by atomic mass is 10.0. The molecule has 0 radical (unpaired) electrons. The van der Waals surface area contributed by atoms with Gasteiger partial charge >= 0.3 is 0 Å². The second kappa shape index (κ2) is 7.58. The molecule has 0 spiro atoms. The lowest BCUT2D eigenvalue weighted by Gasteiger charge is -2.28. The van der Waals surface area contributed by atoms with Gasteiger partial charge in [-0.3, -0.25) is 4.99 Å². The van der Waals surface area contributed by atoms with Gasteiger partial charge in [0.15, 0.2) is 5.17 Å². The first-order valence-corrected chi connectivity index (χ1v) is 8.68. The molecule has 1 N–H and O–H groups in total. The summed E-state index contributed by atoms with van der Waals surface area (Å²) in [5, 5.41) is 5.99. The van der Waals surface area contributed by atoms with Crippen molar-refractivity contribution in [2.24, 2.45) is 10.9 Å². The predicted molar refractivity (Wildman–Crippen MR) is 91.3 cm³/mol. The molecule has 2 rings (SSSR count). The van der Waals surface area contributed by atoms with Crippen LogP contribution < -0.4 is 5.32 Å². The molecule has 1 unspecified atom stereocenters. The van der Waals surface area contributed by atoms with Crippen LogP contribution >= 0.6 is 35.0 Å². The van der Waals surface area contributed by atoms with Crippen molar-refractivity contribution in [3.05, 3.63) is 33.8 Å². The van der Waals surface area contributed by atoms with E-state index >= 15 is 0 Å². The van der Waals surface area contributed by atoms with Gasteiger partial charge in [-0.25, -0.2) is 0 Å². The first-order valence-electron chi connectivity index (χ1n) is 6.94. The molecule has 2 nitrogen and oxygen atoms in total. The summed E-state index contributed by atoms with van der Waals surface area (Å²) in [6.07, 6.45) is 2.05. The van der Waals surface area contributed by atoms with Crippen LogP contribution in [0.25, 0.3) is 0 Å². The Kier molecular flexibility index (Phi) is 6.06. The summed E-state index contributed by atoms with van der Waals surface area (Å²) in [5.41, 5.74) is 1.10. The third-order valence-corrected chi connectivity index (χ3v) is 4.98. The Morgan fingerprint density at radius 3 is 2.90 bits per heavy atom. The van der Waals surface area contributed by atoms with Crippen LogP contribution in [0.4, 0.5) is 0 Å². The fourth-order valence-corrected chi connectivity index (χ4v) is 3.63. The Labute approximate surface area is 135 Å². The molecule has 1 aliphatic heterocycles. The molecule has 1 fully saturated rings. The highest BCUT2D eigenvalue weighted by Gasteiger charge is 2.19. The highest BCUT2D eigenvalue weighted by Crippen LogP contribution is 2.22. The average Bonchev–Trinajstić information content (AvgIpc) is 2.41. The third-order valence-electron chi connectivity index (χ3n) is 3.43. The van der Waals surface area contributed by atoms with Crippen molar-refractivity contribution < 1.29 is 0 Å². The molecule has 5 heteroatoms. The van der Waals surface area contributed by atoms with Gasteiger partial charge in [0.25, 0.3) is 0 Å². The molecule has 1 aromatic rings. The van der Waals surface area contributed by atoms with Crippen molar-refractivity contribution in [3.8, 4) is 0 Å². The molecule has 20 heavy (non-hydrogen) atoms. The molecule has 110 valence electrons. The Hall–Kier alpha value is -0.380. The van der Waals surface area contributed by atoms with Crippen molar-refractivity contribution in [2.45, 2.75) is 32.7 Å². The molecule has 1 saturated heterocycles. The maximum Gasteiger partial charge on any atom is 0.156 e. The first kappa shape index (κ1) is 16.0. The van der Waals surface area contributed by atoms with Crippen LogP contribution in [0.5, 0.6) is 0 Å². The van der Waals surface area contributed by atoms with Gasteiger partial charge in [-0.1, -0.05) is 54.9 Å². The van der Waals surface area contributed by atoms with E-state index in [9.17, 15) is 0 Å². The summed E-state index contributed by atoms with van der Waals surface area (Å²) in [4.78, 5) is 4.65. The molecule has 1 heterocycles. The summed E-state index contributed by atoms with van der Waals surface area (Å²) in [6.45, 7) is 5.25. The topological polar surface area (TPSA) is 24.4 Å². The minimum atomic E-state index is 0.550. The van der Waals surface area contributed by atoms with Crippen molar-refractivity contribution in [1.29, 1.82) is 0 Å². The van der Waals surface area contributed by atoms with E-state index in [1.807, 2.05) is 23.9 Å². The van der Waals surface area contributed by atoms with Gasteiger partial charge in [0, 0.05) is 28.4 Å². The Balaban J connectivity index is 1.89. The average molecular weight is 331 g/mol. The largest absolute Gasteiger partial charge is 0.362 e. The summed E-state index contributed by atoms with van der Waals surface area (Å²) in [5.74, 6) is 1.79. The van der Waals surface area contributed by atoms with Gasteiger partial charge in [-0.2, -0.15) is 0 Å². The SMILES string of the molecule is CC(C)C1CCSC(=NCCc2ccc(Cl)cc2Cl)N1. The molecule has 0 aliphatic carbocycles. The van der Waals surface area contributed by atoms with E-state index < -0.39 is 0 Å². The van der Waals surface area contributed by atoms with Gasteiger partial charge in [-0.05, 0) is 36.5 Å². The second-order valence-electron chi connectivity index (χ2n) is 5.30. The molecular weight excluding hydrogens is 311 g/mol. The van der Waals surface area contributed by atoms with Crippen LogP contribution in [-0.4, -0.2) is 23.5 Å². The molecule has 0 aromatic heterocycles. The zero-order valence-corrected chi connectivity index (χ0v) is 14.2. The lowest BCUT2D eigenvalue weighted by molar-refractivity contribution is 0.442. The Bertz CT molecular complexity index is 489. The smallest absolute Gasteiger partial charge is 0.156 e. The first-order chi connectivity index (χ1) is 9.56. The Morgan fingerprint density at radius 1 is 1.40 bits per heavy atom. The summed E-state index contributed by atoms with van der Waals surface area (Å²) in [6, 6.07) is 6.18. The quantitative estimate of drug-likeness (QED) is 0.869. The van der Waals surface area contributed by atoms with Crippen molar-refractivity contribution in [3.63, 3.8) is 0 Å².